The second kappa shape index (κ2) is 6.02. The van der Waals surface area contributed by atoms with Crippen LogP contribution >= 0.6 is 15.9 Å². The second-order valence-electron chi connectivity index (χ2n) is 6.57. The summed E-state index contributed by atoms with van der Waals surface area (Å²) in [6, 6.07) is 7.68. The van der Waals surface area contributed by atoms with Gasteiger partial charge in [-0.15, -0.1) is 0 Å². The van der Waals surface area contributed by atoms with E-state index in [0.717, 1.165) is 22.2 Å². The Bertz CT molecular complexity index is 926. The number of ether oxygens (including phenoxy) is 1. The minimum absolute atomic E-state index is 0.475. The zero-order chi connectivity index (χ0) is 17.5. The van der Waals surface area contributed by atoms with Crippen LogP contribution in [0.3, 0.4) is 0 Å². The van der Waals surface area contributed by atoms with Crippen molar-refractivity contribution in [1.82, 2.24) is 14.5 Å². The normalized spacial score (nSPS) is 11.7. The van der Waals surface area contributed by atoms with Crippen molar-refractivity contribution in [2.24, 2.45) is 0 Å². The molecule has 6 heteroatoms. The van der Waals surface area contributed by atoms with E-state index in [9.17, 15) is 4.79 Å². The van der Waals surface area contributed by atoms with Crippen LogP contribution in [0.15, 0.2) is 41.3 Å². The molecule has 0 N–H and O–H groups in total. The molecule has 0 fully saturated rings. The molecule has 24 heavy (non-hydrogen) atoms. The maximum Gasteiger partial charge on any atom is 0.421 e. The van der Waals surface area contributed by atoms with Crippen molar-refractivity contribution in [1.29, 1.82) is 0 Å². The van der Waals surface area contributed by atoms with Gasteiger partial charge in [0.2, 0.25) is 0 Å². The minimum atomic E-state index is -0.594. The summed E-state index contributed by atoms with van der Waals surface area (Å²) in [5, 5.41) is 0.841. The lowest BCUT2D eigenvalue weighted by molar-refractivity contribution is 0.0540. The van der Waals surface area contributed by atoms with Gasteiger partial charge in [-0.25, -0.2) is 14.3 Å². The number of nitrogens with zero attached hydrogens (tertiary/aromatic N) is 3. The highest BCUT2D eigenvalue weighted by Crippen LogP contribution is 2.37. The zero-order valence-corrected chi connectivity index (χ0v) is 15.6. The van der Waals surface area contributed by atoms with E-state index in [-0.39, 0.29) is 0 Å². The minimum Gasteiger partial charge on any atom is -0.443 e. The smallest absolute Gasteiger partial charge is 0.421 e. The zero-order valence-electron chi connectivity index (χ0n) is 14.0. The van der Waals surface area contributed by atoms with Gasteiger partial charge < -0.3 is 4.74 Å². The molecule has 0 unspecified atom stereocenters. The van der Waals surface area contributed by atoms with Gasteiger partial charge in [0.15, 0.2) is 5.65 Å². The van der Waals surface area contributed by atoms with Gasteiger partial charge in [0.1, 0.15) is 10.2 Å². The number of hydrogen-bond acceptors (Lipinski definition) is 4. The van der Waals surface area contributed by atoms with E-state index in [2.05, 4.69) is 25.9 Å². The summed E-state index contributed by atoms with van der Waals surface area (Å²) in [7, 11) is 0. The topological polar surface area (TPSA) is 57.0 Å². The van der Waals surface area contributed by atoms with Crippen molar-refractivity contribution in [3.05, 3.63) is 46.8 Å². The number of hydrogen-bond donors (Lipinski definition) is 0. The molecule has 0 saturated heterocycles. The Morgan fingerprint density at radius 2 is 1.96 bits per heavy atom. The molecule has 3 heterocycles. The van der Waals surface area contributed by atoms with Gasteiger partial charge in [-0.2, -0.15) is 0 Å². The number of halogens is 1. The van der Waals surface area contributed by atoms with Crippen LogP contribution in [0, 0.1) is 6.92 Å². The molecule has 0 aliphatic carbocycles. The highest BCUT2D eigenvalue weighted by Gasteiger charge is 2.26. The first-order valence-corrected chi connectivity index (χ1v) is 8.38. The lowest BCUT2D eigenvalue weighted by Gasteiger charge is -2.20. The third-order valence-electron chi connectivity index (χ3n) is 3.42. The van der Waals surface area contributed by atoms with Crippen molar-refractivity contribution >= 4 is 33.1 Å². The number of aromatic nitrogens is 3. The SMILES string of the molecule is Cc1ccnc(-c2c(Br)n(C(=O)OC(C)(C)C)c3ncccc23)c1. The standard InChI is InChI=1S/C18H18BrN3O2/c1-11-7-9-20-13(10-11)14-12-6-5-8-21-16(12)22(15(14)19)17(23)24-18(2,3)4/h5-10H,1-4H3. The van der Waals surface area contributed by atoms with E-state index in [4.69, 9.17) is 4.74 Å². The largest absolute Gasteiger partial charge is 0.443 e. The fourth-order valence-electron chi connectivity index (χ4n) is 2.48. The summed E-state index contributed by atoms with van der Waals surface area (Å²) in [4.78, 5) is 21.5. The van der Waals surface area contributed by atoms with Gasteiger partial charge in [-0.3, -0.25) is 4.98 Å². The van der Waals surface area contributed by atoms with Crippen molar-refractivity contribution in [3.8, 4) is 11.3 Å². The molecule has 3 aromatic heterocycles. The molecule has 0 aliphatic heterocycles. The van der Waals surface area contributed by atoms with Crippen molar-refractivity contribution in [2.45, 2.75) is 33.3 Å². The number of rotatable bonds is 1. The van der Waals surface area contributed by atoms with Crippen LogP contribution in [-0.2, 0) is 4.74 Å². The summed E-state index contributed by atoms with van der Waals surface area (Å²) >= 11 is 3.55. The number of carbonyl (C=O) groups excluding carboxylic acids is 1. The third kappa shape index (κ3) is 3.06. The lowest BCUT2D eigenvalue weighted by Crippen LogP contribution is -2.27. The monoisotopic (exact) mass is 387 g/mol. The Kier molecular flexibility index (Phi) is 4.17. The van der Waals surface area contributed by atoms with E-state index in [1.54, 1.807) is 12.4 Å². The predicted octanol–water partition coefficient (Wildman–Crippen LogP) is 4.95. The van der Waals surface area contributed by atoms with Crippen LogP contribution < -0.4 is 0 Å². The first-order valence-electron chi connectivity index (χ1n) is 7.59. The summed E-state index contributed by atoms with van der Waals surface area (Å²) in [6.07, 6.45) is 2.93. The van der Waals surface area contributed by atoms with E-state index >= 15 is 0 Å². The van der Waals surface area contributed by atoms with Crippen LogP contribution in [0.5, 0.6) is 0 Å². The number of carbonyl (C=O) groups is 1. The molecular formula is C18H18BrN3O2. The van der Waals surface area contributed by atoms with E-state index < -0.39 is 11.7 Å². The van der Waals surface area contributed by atoms with Gasteiger partial charge in [-0.05, 0) is 73.5 Å². The molecule has 124 valence electrons. The Balaban J connectivity index is 2.25. The molecule has 0 spiro atoms. The van der Waals surface area contributed by atoms with Crippen LogP contribution in [0.25, 0.3) is 22.3 Å². The van der Waals surface area contributed by atoms with Crippen molar-refractivity contribution in [3.63, 3.8) is 0 Å². The van der Waals surface area contributed by atoms with Crippen molar-refractivity contribution in [2.75, 3.05) is 0 Å². The van der Waals surface area contributed by atoms with Gasteiger partial charge in [-0.1, -0.05) is 0 Å². The van der Waals surface area contributed by atoms with Gasteiger partial charge >= 0.3 is 6.09 Å². The number of fused-ring (bicyclic) bond motifs is 1. The number of aryl methyl sites for hydroxylation is 1. The first kappa shape index (κ1) is 16.6. The quantitative estimate of drug-likeness (QED) is 0.592. The Morgan fingerprint density at radius 1 is 1.21 bits per heavy atom. The molecule has 0 aromatic carbocycles. The summed E-state index contributed by atoms with van der Waals surface area (Å²) < 4.78 is 7.55. The van der Waals surface area contributed by atoms with Crippen LogP contribution in [0.1, 0.15) is 26.3 Å². The summed E-state index contributed by atoms with van der Waals surface area (Å²) in [5.74, 6) is 0. The van der Waals surface area contributed by atoms with Crippen LogP contribution in [-0.4, -0.2) is 26.2 Å². The Morgan fingerprint density at radius 3 is 2.62 bits per heavy atom. The van der Waals surface area contributed by atoms with E-state index in [0.29, 0.717) is 10.3 Å². The fourth-order valence-corrected chi connectivity index (χ4v) is 3.21. The van der Waals surface area contributed by atoms with Crippen molar-refractivity contribution < 1.29 is 9.53 Å². The molecule has 0 saturated carbocycles. The van der Waals surface area contributed by atoms with Gasteiger partial charge in [0, 0.05) is 23.3 Å². The highest BCUT2D eigenvalue weighted by atomic mass is 79.9. The molecule has 0 radical (unpaired) electrons. The Hall–Kier alpha value is -2.21. The molecule has 3 rings (SSSR count). The van der Waals surface area contributed by atoms with E-state index in [1.165, 1.54) is 4.57 Å². The lowest BCUT2D eigenvalue weighted by atomic mass is 10.1. The second-order valence-corrected chi connectivity index (χ2v) is 7.33. The molecule has 0 atom stereocenters. The maximum atomic E-state index is 12.7. The van der Waals surface area contributed by atoms with E-state index in [1.807, 2.05) is 52.0 Å². The molecule has 0 bridgehead atoms. The predicted molar refractivity (Wildman–Crippen MR) is 97.0 cm³/mol. The maximum absolute atomic E-state index is 12.7. The average Bonchev–Trinajstić information content (AvgIpc) is 2.77. The first-order chi connectivity index (χ1) is 11.3. The summed E-state index contributed by atoms with van der Waals surface area (Å²) in [5.41, 5.74) is 2.64. The molecule has 5 nitrogen and oxygen atoms in total. The average molecular weight is 388 g/mol. The fraction of sp³-hybridized carbons (Fsp3) is 0.278. The Labute approximate surface area is 148 Å². The van der Waals surface area contributed by atoms with Gasteiger partial charge in [0.25, 0.3) is 0 Å². The van der Waals surface area contributed by atoms with Crippen LogP contribution in [0.4, 0.5) is 4.79 Å². The van der Waals surface area contributed by atoms with Gasteiger partial charge in [0.05, 0.1) is 5.69 Å². The molecular weight excluding hydrogens is 370 g/mol. The molecule has 3 aromatic rings. The number of pyridine rings is 2. The molecule has 0 aliphatic rings. The summed E-state index contributed by atoms with van der Waals surface area (Å²) in [6.45, 7) is 7.51. The third-order valence-corrected chi connectivity index (χ3v) is 4.17. The highest BCUT2D eigenvalue weighted by molar-refractivity contribution is 9.10. The van der Waals surface area contributed by atoms with Crippen LogP contribution in [0.2, 0.25) is 0 Å². The molecule has 0 amide bonds.